The van der Waals surface area contributed by atoms with E-state index in [1.165, 1.54) is 0 Å². The quantitative estimate of drug-likeness (QED) is 0.286. The average Bonchev–Trinajstić information content (AvgIpc) is 3.58. The molecule has 0 amide bonds. The van der Waals surface area contributed by atoms with Crippen LogP contribution in [0.25, 0.3) is 0 Å². The molecule has 2 aliphatic heterocycles. The van der Waals surface area contributed by atoms with Gasteiger partial charge in [-0.25, -0.2) is 0 Å². The highest BCUT2D eigenvalue weighted by atomic mass is 19.4. The van der Waals surface area contributed by atoms with Crippen molar-refractivity contribution in [3.8, 4) is 0 Å². The molecule has 2 saturated heterocycles. The minimum atomic E-state index is -5.50. The first-order valence-corrected chi connectivity index (χ1v) is 10.5. The number of alkyl halides is 12. The van der Waals surface area contributed by atoms with Gasteiger partial charge in [-0.05, 0) is 19.8 Å². The standard InChI is InChI=1S/C12H16F6O2.C7H8F6O2/c13-11(14,15)10(12(16,17)18,20-7-9-6-19-9)8-4-2-1-3-5-8;1-5(6(8,9)10,7(11,12)13)15-3-4-2-14-4/h8-9H,1-7H2;4H,2-3H2,1H3. The summed E-state index contributed by atoms with van der Waals surface area (Å²) in [6.07, 6.45) is -22.1. The van der Waals surface area contributed by atoms with Crippen LogP contribution in [0.4, 0.5) is 52.7 Å². The lowest BCUT2D eigenvalue weighted by Gasteiger charge is -2.44. The van der Waals surface area contributed by atoms with Gasteiger partial charge in [-0.1, -0.05) is 19.3 Å². The predicted octanol–water partition coefficient (Wildman–Crippen LogP) is 6.13. The van der Waals surface area contributed by atoms with E-state index in [4.69, 9.17) is 0 Å². The van der Waals surface area contributed by atoms with Crippen LogP contribution in [-0.2, 0) is 18.9 Å². The number of ether oxygens (including phenoxy) is 4. The third-order valence-corrected chi connectivity index (χ3v) is 5.96. The Kier molecular flexibility index (Phi) is 8.98. The number of halogens is 12. The summed E-state index contributed by atoms with van der Waals surface area (Å²) in [5.41, 5.74) is -8.20. The Balaban J connectivity index is 0.000000258. The van der Waals surface area contributed by atoms with Crippen LogP contribution in [0.5, 0.6) is 0 Å². The maximum atomic E-state index is 13.2. The first-order chi connectivity index (χ1) is 15.8. The summed E-state index contributed by atoms with van der Waals surface area (Å²) in [6.45, 7) is -1.14. The largest absolute Gasteiger partial charge is 0.426 e. The third kappa shape index (κ3) is 7.06. The molecule has 35 heavy (non-hydrogen) atoms. The van der Waals surface area contributed by atoms with Gasteiger partial charge in [-0.3, -0.25) is 0 Å². The zero-order valence-corrected chi connectivity index (χ0v) is 18.3. The van der Waals surface area contributed by atoms with E-state index < -0.39 is 67.2 Å². The van der Waals surface area contributed by atoms with Gasteiger partial charge in [0.25, 0.3) is 11.2 Å². The summed E-state index contributed by atoms with van der Waals surface area (Å²) in [6, 6.07) is 0. The molecule has 0 aromatic rings. The lowest BCUT2D eigenvalue weighted by atomic mass is 9.75. The lowest BCUT2D eigenvalue weighted by molar-refractivity contribution is -0.400. The maximum absolute atomic E-state index is 13.2. The summed E-state index contributed by atoms with van der Waals surface area (Å²) in [5.74, 6) is -1.57. The van der Waals surface area contributed by atoms with Gasteiger partial charge in [0.1, 0.15) is 12.2 Å². The molecule has 3 rings (SSSR count). The van der Waals surface area contributed by atoms with Gasteiger partial charge in [-0.2, -0.15) is 52.7 Å². The molecule has 1 aliphatic carbocycles. The molecular weight excluding hydrogens is 520 g/mol. The second-order valence-electron chi connectivity index (χ2n) is 8.63. The number of hydrogen-bond donors (Lipinski definition) is 0. The summed E-state index contributed by atoms with van der Waals surface area (Å²) in [4.78, 5) is 0. The molecule has 3 aliphatic rings. The van der Waals surface area contributed by atoms with Crippen molar-refractivity contribution in [1.29, 1.82) is 0 Å². The predicted molar refractivity (Wildman–Crippen MR) is 93.3 cm³/mol. The van der Waals surface area contributed by atoms with Crippen LogP contribution in [0.1, 0.15) is 39.0 Å². The van der Waals surface area contributed by atoms with E-state index in [0.29, 0.717) is 19.3 Å². The Morgan fingerprint density at radius 1 is 0.600 bits per heavy atom. The van der Waals surface area contributed by atoms with Crippen molar-refractivity contribution in [2.75, 3.05) is 26.4 Å². The molecule has 0 aromatic carbocycles. The molecule has 16 heteroatoms. The topological polar surface area (TPSA) is 43.5 Å². The minimum Gasteiger partial charge on any atom is -0.371 e. The van der Waals surface area contributed by atoms with Gasteiger partial charge < -0.3 is 18.9 Å². The Bertz CT molecular complexity index is 643. The van der Waals surface area contributed by atoms with Crippen LogP contribution in [0.15, 0.2) is 0 Å². The van der Waals surface area contributed by atoms with E-state index >= 15 is 0 Å². The Hall–Kier alpha value is -1.00. The molecular formula is C19H24F12O4. The fourth-order valence-electron chi connectivity index (χ4n) is 3.55. The number of rotatable bonds is 7. The number of epoxide rings is 2. The Morgan fingerprint density at radius 3 is 1.29 bits per heavy atom. The molecule has 2 unspecified atom stereocenters. The fraction of sp³-hybridized carbons (Fsp3) is 1.00. The third-order valence-electron chi connectivity index (χ3n) is 5.96. The van der Waals surface area contributed by atoms with E-state index in [9.17, 15) is 52.7 Å². The Morgan fingerprint density at radius 2 is 0.971 bits per heavy atom. The van der Waals surface area contributed by atoms with Gasteiger partial charge in [0.15, 0.2) is 0 Å². The van der Waals surface area contributed by atoms with Crippen LogP contribution in [-0.4, -0.2) is 74.5 Å². The summed E-state index contributed by atoms with van der Waals surface area (Å²) < 4.78 is 170. The van der Waals surface area contributed by atoms with Crippen LogP contribution in [0.3, 0.4) is 0 Å². The zero-order valence-electron chi connectivity index (χ0n) is 18.3. The van der Waals surface area contributed by atoms with Crippen LogP contribution in [0.2, 0.25) is 0 Å². The molecule has 208 valence electrons. The van der Waals surface area contributed by atoms with Crippen molar-refractivity contribution in [2.45, 2.75) is 87.1 Å². The van der Waals surface area contributed by atoms with Crippen molar-refractivity contribution in [3.63, 3.8) is 0 Å². The van der Waals surface area contributed by atoms with Gasteiger partial charge in [-0.15, -0.1) is 0 Å². The SMILES string of the molecule is CC(OCC1CO1)(C(F)(F)F)C(F)(F)F.FC(F)(F)C(OCC1CO1)(C1CCCCC1)C(F)(F)F. The highest BCUT2D eigenvalue weighted by molar-refractivity contribution is 5.02. The van der Waals surface area contributed by atoms with Crippen molar-refractivity contribution >= 4 is 0 Å². The average molecular weight is 544 g/mol. The van der Waals surface area contributed by atoms with E-state index in [1.54, 1.807) is 0 Å². The Labute approximate surface area is 192 Å². The molecule has 0 N–H and O–H groups in total. The maximum Gasteiger partial charge on any atom is 0.426 e. The molecule has 1 saturated carbocycles. The van der Waals surface area contributed by atoms with Gasteiger partial charge in [0.2, 0.25) is 0 Å². The van der Waals surface area contributed by atoms with Gasteiger partial charge in [0.05, 0.1) is 26.4 Å². The lowest BCUT2D eigenvalue weighted by Crippen LogP contribution is -2.64. The monoisotopic (exact) mass is 544 g/mol. The summed E-state index contributed by atoms with van der Waals surface area (Å²) >= 11 is 0. The van der Waals surface area contributed by atoms with Crippen molar-refractivity contribution in [1.82, 2.24) is 0 Å². The first-order valence-electron chi connectivity index (χ1n) is 10.5. The molecule has 2 heterocycles. The molecule has 0 radical (unpaired) electrons. The minimum absolute atomic E-state index is 0.0324. The summed E-state index contributed by atoms with van der Waals surface area (Å²) in [5, 5.41) is 0. The smallest absolute Gasteiger partial charge is 0.371 e. The normalized spacial score (nSPS) is 24.6. The van der Waals surface area contributed by atoms with Crippen LogP contribution in [0, 0.1) is 5.92 Å². The molecule has 0 aromatic heterocycles. The second kappa shape index (κ2) is 10.4. The van der Waals surface area contributed by atoms with Gasteiger partial charge in [0, 0.05) is 5.92 Å². The van der Waals surface area contributed by atoms with Crippen LogP contribution >= 0.6 is 0 Å². The molecule has 4 nitrogen and oxygen atoms in total. The van der Waals surface area contributed by atoms with Crippen molar-refractivity contribution in [3.05, 3.63) is 0 Å². The second-order valence-corrected chi connectivity index (χ2v) is 8.63. The van der Waals surface area contributed by atoms with Crippen molar-refractivity contribution in [2.24, 2.45) is 5.92 Å². The molecule has 2 atom stereocenters. The van der Waals surface area contributed by atoms with E-state index in [0.717, 1.165) is 0 Å². The van der Waals surface area contributed by atoms with Crippen molar-refractivity contribution < 1.29 is 71.6 Å². The van der Waals surface area contributed by atoms with Gasteiger partial charge >= 0.3 is 24.7 Å². The zero-order chi connectivity index (χ0) is 26.9. The first kappa shape index (κ1) is 30.2. The molecule has 0 bridgehead atoms. The van der Waals surface area contributed by atoms with E-state index in [2.05, 4.69) is 18.9 Å². The molecule has 0 spiro atoms. The van der Waals surface area contributed by atoms with E-state index in [-0.39, 0.29) is 33.0 Å². The highest BCUT2D eigenvalue weighted by Gasteiger charge is 2.75. The number of hydrogen-bond acceptors (Lipinski definition) is 4. The summed E-state index contributed by atoms with van der Waals surface area (Å²) in [7, 11) is 0. The molecule has 3 fully saturated rings. The van der Waals surface area contributed by atoms with E-state index in [1.807, 2.05) is 0 Å². The van der Waals surface area contributed by atoms with Crippen LogP contribution < -0.4 is 0 Å². The highest BCUT2D eigenvalue weighted by Crippen LogP contribution is 2.54. The fourth-order valence-corrected chi connectivity index (χ4v) is 3.55.